The number of hydrogen-bond acceptors (Lipinski definition) is 12. The van der Waals surface area contributed by atoms with Crippen LogP contribution in [0, 0.1) is 0 Å². The summed E-state index contributed by atoms with van der Waals surface area (Å²) in [5, 5.41) is 60.7. The summed E-state index contributed by atoms with van der Waals surface area (Å²) in [7, 11) is 0. The smallest absolute Gasteiger partial charge is 0.379 e. The number of esters is 1. The molecule has 0 aromatic rings. The molecule has 0 fully saturated rings. The monoisotopic (exact) mass is 576 g/mol. The molecule has 2 unspecified atom stereocenters. The van der Waals surface area contributed by atoms with Crippen LogP contribution in [0.2, 0.25) is 0 Å². The lowest BCUT2D eigenvalue weighted by atomic mass is 9.73. The van der Waals surface area contributed by atoms with Gasteiger partial charge in [-0.3, -0.25) is 9.59 Å². The second kappa shape index (κ2) is 18.4. The Bertz CT molecular complexity index is 828. The number of unbranched alkanes of at least 4 members (excludes halogenated alkanes) is 10. The van der Waals surface area contributed by atoms with Crippen molar-refractivity contribution in [2.24, 2.45) is 0 Å². The average Bonchev–Trinajstić information content (AvgIpc) is 3.25. The van der Waals surface area contributed by atoms with E-state index in [1.54, 1.807) is 0 Å². The van der Waals surface area contributed by atoms with Gasteiger partial charge in [0.15, 0.2) is 0 Å². The van der Waals surface area contributed by atoms with Crippen molar-refractivity contribution in [3.63, 3.8) is 0 Å². The molecule has 232 valence electrons. The van der Waals surface area contributed by atoms with Crippen LogP contribution in [-0.2, 0) is 28.6 Å². The van der Waals surface area contributed by atoms with Crippen LogP contribution >= 0.6 is 0 Å². The van der Waals surface area contributed by atoms with Crippen LogP contribution in [0.5, 0.6) is 0 Å². The number of aliphatic hydroxyl groups is 6. The van der Waals surface area contributed by atoms with Gasteiger partial charge in [0, 0.05) is 0 Å². The van der Waals surface area contributed by atoms with E-state index >= 15 is 0 Å². The normalized spacial score (nSPS) is 20.1. The minimum atomic E-state index is -3.40. The van der Waals surface area contributed by atoms with Crippen molar-refractivity contribution in [1.29, 1.82) is 0 Å². The first kappa shape index (κ1) is 35.9. The van der Waals surface area contributed by atoms with Crippen molar-refractivity contribution in [3.8, 4) is 0 Å². The van der Waals surface area contributed by atoms with E-state index in [9.17, 15) is 45.0 Å². The summed E-state index contributed by atoms with van der Waals surface area (Å²) in [6, 6.07) is 0. The van der Waals surface area contributed by atoms with E-state index in [0.29, 0.717) is 12.8 Å². The zero-order valence-corrected chi connectivity index (χ0v) is 23.8. The van der Waals surface area contributed by atoms with Gasteiger partial charge in [-0.15, -0.1) is 0 Å². The molecule has 1 aliphatic rings. The van der Waals surface area contributed by atoms with Crippen molar-refractivity contribution in [2.75, 3.05) is 33.0 Å². The Balaban J connectivity index is 3.48. The predicted molar refractivity (Wildman–Crippen MR) is 143 cm³/mol. The number of carbonyl (C=O) groups is 3. The maximum absolute atomic E-state index is 13.5. The van der Waals surface area contributed by atoms with Crippen molar-refractivity contribution in [1.82, 2.24) is 0 Å². The number of aliphatic hydroxyl groups excluding tert-OH is 5. The van der Waals surface area contributed by atoms with Crippen LogP contribution in [0.4, 0.5) is 0 Å². The van der Waals surface area contributed by atoms with Gasteiger partial charge < -0.3 is 44.8 Å². The molecule has 12 nitrogen and oxygen atoms in total. The molecule has 0 aromatic heterocycles. The van der Waals surface area contributed by atoms with E-state index in [4.69, 9.17) is 14.2 Å². The lowest BCUT2D eigenvalue weighted by molar-refractivity contribution is -0.207. The van der Waals surface area contributed by atoms with E-state index in [1.165, 1.54) is 0 Å². The van der Waals surface area contributed by atoms with E-state index in [1.807, 2.05) is 0 Å². The third-order valence-corrected chi connectivity index (χ3v) is 6.96. The van der Waals surface area contributed by atoms with Gasteiger partial charge >= 0.3 is 5.97 Å². The molecule has 1 rings (SSSR count). The number of ether oxygens (including phenoxy) is 3. The summed E-state index contributed by atoms with van der Waals surface area (Å²) >= 11 is 0. The topological polar surface area (TPSA) is 200 Å². The van der Waals surface area contributed by atoms with Crippen LogP contribution in [0.25, 0.3) is 0 Å². The summed E-state index contributed by atoms with van der Waals surface area (Å²) in [4.78, 5) is 39.6. The number of cyclic esters (lactones) is 1. The van der Waals surface area contributed by atoms with E-state index in [-0.39, 0.29) is 13.2 Å². The Kier molecular flexibility index (Phi) is 16.5. The summed E-state index contributed by atoms with van der Waals surface area (Å²) in [6.45, 7) is 0.106. The first-order chi connectivity index (χ1) is 19.1. The highest BCUT2D eigenvalue weighted by Crippen LogP contribution is 2.45. The summed E-state index contributed by atoms with van der Waals surface area (Å²) in [5.74, 6) is -5.92. The minimum Gasteiger partial charge on any atom is -0.489 e. The zero-order chi connectivity index (χ0) is 30.2. The Morgan fingerprint density at radius 3 is 1.75 bits per heavy atom. The molecule has 12 heteroatoms. The van der Waals surface area contributed by atoms with Gasteiger partial charge in [-0.25, -0.2) is 4.79 Å². The summed E-state index contributed by atoms with van der Waals surface area (Å²) in [6.07, 6.45) is 6.02. The van der Waals surface area contributed by atoms with Gasteiger partial charge in [0.1, 0.15) is 12.2 Å². The molecule has 4 atom stereocenters. The van der Waals surface area contributed by atoms with Crippen LogP contribution < -0.4 is 0 Å². The SMILES string of the molecule is CCCCCCCCOC1=C(OCCCCCCCC)[C@@](C(=O)C(O)CO)([C@@](O)(CO)C(=O)C(O)CO)OC1=O. The molecule has 0 aromatic carbocycles. The van der Waals surface area contributed by atoms with Gasteiger partial charge in [-0.1, -0.05) is 78.1 Å². The molecule has 0 saturated heterocycles. The second-order valence-corrected chi connectivity index (χ2v) is 10.1. The molecule has 0 amide bonds. The number of Topliss-reactive ketones (excluding diaryl/α,β-unsaturated/α-hetero) is 2. The molecule has 1 heterocycles. The third kappa shape index (κ3) is 8.70. The highest BCUT2D eigenvalue weighted by molar-refractivity contribution is 6.09. The first-order valence-corrected chi connectivity index (χ1v) is 14.4. The Labute approximate surface area is 235 Å². The molecule has 0 aliphatic carbocycles. The number of ketones is 2. The Morgan fingerprint density at radius 1 is 0.800 bits per heavy atom. The Morgan fingerprint density at radius 2 is 1.27 bits per heavy atom. The Hall–Kier alpha value is -2.09. The summed E-state index contributed by atoms with van der Waals surface area (Å²) < 4.78 is 16.7. The lowest BCUT2D eigenvalue weighted by Gasteiger charge is -2.41. The maximum Gasteiger partial charge on any atom is 0.379 e. The number of rotatable bonds is 24. The third-order valence-electron chi connectivity index (χ3n) is 6.96. The first-order valence-electron chi connectivity index (χ1n) is 14.4. The highest BCUT2D eigenvalue weighted by Gasteiger charge is 2.72. The quantitative estimate of drug-likeness (QED) is 0.0699. The molecule has 0 saturated carbocycles. The molecule has 0 bridgehead atoms. The van der Waals surface area contributed by atoms with Gasteiger partial charge in [0.25, 0.3) is 5.60 Å². The van der Waals surface area contributed by atoms with Gasteiger partial charge in [-0.05, 0) is 12.8 Å². The fraction of sp³-hybridized carbons (Fsp3) is 0.821. The fourth-order valence-electron chi connectivity index (χ4n) is 4.57. The van der Waals surface area contributed by atoms with E-state index in [0.717, 1.165) is 64.2 Å². The standard InChI is InChI=1S/C28H48O12/c1-3-5-7-9-11-13-15-38-22-25(39-16-14-12-10-8-6-4-2)28(40-26(22)36,24(35)21(33)18-30)27(37,19-31)23(34)20(32)17-29/h20-21,29-33,37H,3-19H2,1-2H3/t20?,21?,27-,28+/m1/s1. The molecule has 40 heavy (non-hydrogen) atoms. The minimum absolute atomic E-state index is 0.00196. The van der Waals surface area contributed by atoms with E-state index in [2.05, 4.69) is 13.8 Å². The highest BCUT2D eigenvalue weighted by atomic mass is 16.6. The van der Waals surface area contributed by atoms with Crippen molar-refractivity contribution in [3.05, 3.63) is 11.5 Å². The van der Waals surface area contributed by atoms with E-state index < -0.39 is 72.3 Å². The van der Waals surface area contributed by atoms with Crippen molar-refractivity contribution >= 4 is 17.5 Å². The van der Waals surface area contributed by atoms with Crippen molar-refractivity contribution < 1.29 is 59.2 Å². The lowest BCUT2D eigenvalue weighted by Crippen LogP contribution is -2.71. The van der Waals surface area contributed by atoms with Crippen LogP contribution in [0.15, 0.2) is 11.5 Å². The second-order valence-electron chi connectivity index (χ2n) is 10.1. The predicted octanol–water partition coefficient (Wildman–Crippen LogP) is 0.816. The molecule has 0 radical (unpaired) electrons. The molecular weight excluding hydrogens is 528 g/mol. The zero-order valence-electron chi connectivity index (χ0n) is 23.8. The van der Waals surface area contributed by atoms with Crippen LogP contribution in [0.1, 0.15) is 90.9 Å². The van der Waals surface area contributed by atoms with Crippen molar-refractivity contribution in [2.45, 2.75) is 114 Å². The molecular formula is C28H48O12. The van der Waals surface area contributed by atoms with Gasteiger partial charge in [0.05, 0.1) is 33.0 Å². The van der Waals surface area contributed by atoms with Crippen LogP contribution in [0.3, 0.4) is 0 Å². The maximum atomic E-state index is 13.5. The fourth-order valence-corrected chi connectivity index (χ4v) is 4.57. The molecule has 1 aliphatic heterocycles. The number of carbonyl (C=O) groups excluding carboxylic acids is 3. The largest absolute Gasteiger partial charge is 0.489 e. The molecule has 6 N–H and O–H groups in total. The van der Waals surface area contributed by atoms with Gasteiger partial charge in [-0.2, -0.15) is 0 Å². The van der Waals surface area contributed by atoms with Crippen LogP contribution in [-0.4, -0.2) is 105 Å². The number of hydrogen-bond donors (Lipinski definition) is 6. The molecule has 0 spiro atoms. The summed E-state index contributed by atoms with van der Waals surface area (Å²) in [5.41, 5.74) is -6.60. The van der Waals surface area contributed by atoms with Gasteiger partial charge in [0.2, 0.25) is 28.7 Å². The average molecular weight is 577 g/mol.